The molecule has 8 heteroatoms. The number of phenolic OH excluding ortho intramolecular Hbond substituents is 2. The minimum atomic E-state index is 0.169. The molecule has 0 amide bonds. The van der Waals surface area contributed by atoms with Crippen molar-refractivity contribution >= 4 is 0 Å². The van der Waals surface area contributed by atoms with Crippen molar-refractivity contribution in [2.75, 3.05) is 52.6 Å². The van der Waals surface area contributed by atoms with Gasteiger partial charge in [-0.1, -0.05) is 0 Å². The molecule has 1 rings (SSSR count). The number of phenols is 2. The molecule has 0 atom stereocenters. The van der Waals surface area contributed by atoms with Gasteiger partial charge in [-0.2, -0.15) is 0 Å². The smallest absolute Gasteiger partial charge is 0.115 e. The molecular weight excluding hydrogens is 336 g/mol. The van der Waals surface area contributed by atoms with E-state index in [1.165, 1.54) is 24.3 Å². The van der Waals surface area contributed by atoms with Gasteiger partial charge in [-0.05, 0) is 76.1 Å². The Bertz CT molecular complexity index is 320. The Kier molecular flexibility index (Phi) is 24.3. The van der Waals surface area contributed by atoms with Gasteiger partial charge in [0.25, 0.3) is 0 Å². The van der Waals surface area contributed by atoms with Crippen LogP contribution in [0.15, 0.2) is 24.3 Å². The SMILES string of the molecule is NCCCOCCCN.NCCCOCCCN.Oc1ccc(O)cc1. The molecule has 10 N–H and O–H groups in total. The number of hydrogen-bond donors (Lipinski definition) is 6. The lowest BCUT2D eigenvalue weighted by Gasteiger charge is -1.99. The lowest BCUT2D eigenvalue weighted by molar-refractivity contribution is 0.132. The highest BCUT2D eigenvalue weighted by atomic mass is 16.5. The summed E-state index contributed by atoms with van der Waals surface area (Å²) < 4.78 is 10.3. The van der Waals surface area contributed by atoms with Gasteiger partial charge in [0.15, 0.2) is 0 Å². The van der Waals surface area contributed by atoms with Crippen LogP contribution in [0.25, 0.3) is 0 Å². The maximum absolute atomic E-state index is 8.65. The zero-order valence-corrected chi connectivity index (χ0v) is 15.8. The van der Waals surface area contributed by atoms with Gasteiger partial charge in [-0.3, -0.25) is 0 Å². The first-order chi connectivity index (χ1) is 12.6. The summed E-state index contributed by atoms with van der Waals surface area (Å²) in [6.45, 7) is 5.94. The fraction of sp³-hybridized carbons (Fsp3) is 0.667. The average molecular weight is 375 g/mol. The Morgan fingerprint density at radius 3 is 0.962 bits per heavy atom. The van der Waals surface area contributed by atoms with Gasteiger partial charge in [0.1, 0.15) is 11.5 Å². The summed E-state index contributed by atoms with van der Waals surface area (Å²) >= 11 is 0. The lowest BCUT2D eigenvalue weighted by atomic mass is 10.3. The van der Waals surface area contributed by atoms with Crippen LogP contribution in [0.5, 0.6) is 11.5 Å². The summed E-state index contributed by atoms with van der Waals surface area (Å²) in [4.78, 5) is 0. The van der Waals surface area contributed by atoms with Crippen LogP contribution in [0.1, 0.15) is 25.7 Å². The molecule has 0 radical (unpaired) electrons. The van der Waals surface area contributed by atoms with E-state index in [0.29, 0.717) is 26.2 Å². The summed E-state index contributed by atoms with van der Waals surface area (Å²) in [6.07, 6.45) is 3.80. The molecule has 26 heavy (non-hydrogen) atoms. The van der Waals surface area contributed by atoms with E-state index >= 15 is 0 Å². The summed E-state index contributed by atoms with van der Waals surface area (Å²) in [6, 6.07) is 5.70. The monoisotopic (exact) mass is 374 g/mol. The van der Waals surface area contributed by atoms with Gasteiger partial charge in [-0.15, -0.1) is 0 Å². The summed E-state index contributed by atoms with van der Waals surface area (Å²) in [5.41, 5.74) is 21.0. The highest BCUT2D eigenvalue weighted by Gasteiger charge is 1.86. The average Bonchev–Trinajstić information content (AvgIpc) is 2.65. The van der Waals surface area contributed by atoms with Crippen molar-refractivity contribution in [3.05, 3.63) is 24.3 Å². The molecule has 0 aliphatic heterocycles. The van der Waals surface area contributed by atoms with Gasteiger partial charge < -0.3 is 42.6 Å². The van der Waals surface area contributed by atoms with Crippen LogP contribution in [-0.4, -0.2) is 62.8 Å². The van der Waals surface area contributed by atoms with Gasteiger partial charge in [0, 0.05) is 26.4 Å². The van der Waals surface area contributed by atoms with Crippen LogP contribution in [0.2, 0.25) is 0 Å². The summed E-state index contributed by atoms with van der Waals surface area (Å²) in [5, 5.41) is 17.3. The molecule has 154 valence electrons. The highest BCUT2D eigenvalue weighted by molar-refractivity contribution is 5.28. The van der Waals surface area contributed by atoms with Gasteiger partial charge in [0.2, 0.25) is 0 Å². The van der Waals surface area contributed by atoms with Crippen LogP contribution in [-0.2, 0) is 9.47 Å². The maximum Gasteiger partial charge on any atom is 0.115 e. The molecular formula is C18H38N4O4. The van der Waals surface area contributed by atoms with E-state index in [-0.39, 0.29) is 11.5 Å². The Hall–Kier alpha value is -1.42. The molecule has 0 aromatic heterocycles. The molecule has 0 aliphatic rings. The molecule has 0 fully saturated rings. The van der Waals surface area contributed by atoms with Crippen LogP contribution in [0, 0.1) is 0 Å². The van der Waals surface area contributed by atoms with E-state index < -0.39 is 0 Å². The van der Waals surface area contributed by atoms with Crippen LogP contribution in [0.3, 0.4) is 0 Å². The van der Waals surface area contributed by atoms with Crippen molar-refractivity contribution < 1.29 is 19.7 Å². The largest absolute Gasteiger partial charge is 0.508 e. The minimum Gasteiger partial charge on any atom is -0.508 e. The van der Waals surface area contributed by atoms with E-state index in [1.54, 1.807) is 0 Å². The van der Waals surface area contributed by atoms with E-state index in [4.69, 9.17) is 42.6 Å². The fourth-order valence-electron chi connectivity index (χ4n) is 1.40. The molecule has 1 aromatic carbocycles. The van der Waals surface area contributed by atoms with Crippen LogP contribution >= 0.6 is 0 Å². The third kappa shape index (κ3) is 24.8. The van der Waals surface area contributed by atoms with Crippen molar-refractivity contribution in [2.24, 2.45) is 22.9 Å². The zero-order valence-electron chi connectivity index (χ0n) is 15.8. The zero-order chi connectivity index (χ0) is 19.9. The number of hydrogen-bond acceptors (Lipinski definition) is 8. The molecule has 1 aromatic rings. The van der Waals surface area contributed by atoms with Crippen molar-refractivity contribution in [3.63, 3.8) is 0 Å². The van der Waals surface area contributed by atoms with Gasteiger partial charge >= 0.3 is 0 Å². The molecule has 0 saturated carbocycles. The topological polar surface area (TPSA) is 163 Å². The van der Waals surface area contributed by atoms with Gasteiger partial charge in [0.05, 0.1) is 0 Å². The molecule has 0 aliphatic carbocycles. The number of rotatable bonds is 12. The maximum atomic E-state index is 8.65. The first-order valence-corrected chi connectivity index (χ1v) is 9.06. The van der Waals surface area contributed by atoms with Crippen LogP contribution in [0.4, 0.5) is 0 Å². The molecule has 0 unspecified atom stereocenters. The van der Waals surface area contributed by atoms with E-state index in [1.807, 2.05) is 0 Å². The third-order valence-electron chi connectivity index (χ3n) is 2.82. The molecule has 0 spiro atoms. The molecule has 0 heterocycles. The number of nitrogens with two attached hydrogens (primary N) is 4. The summed E-state index contributed by atoms with van der Waals surface area (Å²) in [7, 11) is 0. The lowest BCUT2D eigenvalue weighted by Crippen LogP contribution is -2.08. The standard InChI is InChI=1S/2C6H16N2O.C6H6O2/c2*7-3-1-5-9-6-2-4-8;7-5-1-2-6(8)4-3-5/h2*1-8H2;1-4,7-8H. The highest BCUT2D eigenvalue weighted by Crippen LogP contribution is 2.13. The first-order valence-electron chi connectivity index (χ1n) is 9.06. The molecule has 8 nitrogen and oxygen atoms in total. The number of benzene rings is 1. The fourth-order valence-corrected chi connectivity index (χ4v) is 1.40. The second-order valence-corrected chi connectivity index (χ2v) is 5.31. The predicted molar refractivity (Wildman–Crippen MR) is 106 cm³/mol. The van der Waals surface area contributed by atoms with E-state index in [9.17, 15) is 0 Å². The second-order valence-electron chi connectivity index (χ2n) is 5.31. The predicted octanol–water partition coefficient (Wildman–Crippen LogP) is 0.499. The minimum absolute atomic E-state index is 0.169. The van der Waals surface area contributed by atoms with Crippen molar-refractivity contribution in [1.82, 2.24) is 0 Å². The molecule has 0 bridgehead atoms. The quantitative estimate of drug-likeness (QED) is 0.227. The Morgan fingerprint density at radius 1 is 0.538 bits per heavy atom. The van der Waals surface area contributed by atoms with E-state index in [2.05, 4.69) is 0 Å². The normalized spacial score (nSPS) is 9.69. The van der Waals surface area contributed by atoms with Crippen LogP contribution < -0.4 is 22.9 Å². The van der Waals surface area contributed by atoms with Crippen molar-refractivity contribution in [3.8, 4) is 11.5 Å². The second kappa shape index (κ2) is 23.6. The van der Waals surface area contributed by atoms with Gasteiger partial charge in [-0.25, -0.2) is 0 Å². The van der Waals surface area contributed by atoms with Crippen molar-refractivity contribution in [1.29, 1.82) is 0 Å². The first kappa shape index (κ1) is 26.8. The Labute approximate surface area is 157 Å². The van der Waals surface area contributed by atoms with E-state index in [0.717, 1.165) is 52.1 Å². The third-order valence-corrected chi connectivity index (χ3v) is 2.82. The number of aromatic hydroxyl groups is 2. The molecule has 0 saturated heterocycles. The van der Waals surface area contributed by atoms with Crippen molar-refractivity contribution in [2.45, 2.75) is 25.7 Å². The summed E-state index contributed by atoms with van der Waals surface area (Å²) in [5.74, 6) is 0.339. The Balaban J connectivity index is 0. The number of ether oxygens (including phenoxy) is 2. The Morgan fingerprint density at radius 2 is 0.769 bits per heavy atom.